The Labute approximate surface area is 129 Å². The Kier molecular flexibility index (Phi) is 4.31. The van der Waals surface area contributed by atoms with E-state index in [-0.39, 0.29) is 0 Å². The van der Waals surface area contributed by atoms with Crippen LogP contribution in [-0.2, 0) is 15.1 Å². The van der Waals surface area contributed by atoms with Crippen molar-refractivity contribution in [3.63, 3.8) is 0 Å². The normalized spacial score (nSPS) is 21.3. The number of urea groups is 1. The number of nitrogens with one attached hydrogen (secondary N) is 2. The monoisotopic (exact) mass is 329 g/mol. The average Bonchev–Trinajstić information content (AvgIpc) is 2.70. The molecule has 9 heteroatoms. The van der Waals surface area contributed by atoms with Gasteiger partial charge in [-0.25, -0.2) is 4.79 Å². The van der Waals surface area contributed by atoms with Gasteiger partial charge < -0.3 is 10.6 Å². The van der Waals surface area contributed by atoms with Crippen LogP contribution in [0, 0.1) is 0 Å². The Balaban J connectivity index is 2.09. The van der Waals surface area contributed by atoms with Crippen molar-refractivity contribution in [1.29, 1.82) is 0 Å². The van der Waals surface area contributed by atoms with Crippen molar-refractivity contribution in [2.75, 3.05) is 13.1 Å². The third-order valence-electron chi connectivity index (χ3n) is 3.41. The van der Waals surface area contributed by atoms with Gasteiger partial charge >= 0.3 is 12.2 Å². The number of carbonyl (C=O) groups excluding carboxylic acids is 3. The Morgan fingerprint density at radius 3 is 2.43 bits per heavy atom. The number of halogens is 3. The van der Waals surface area contributed by atoms with E-state index in [1.807, 2.05) is 0 Å². The zero-order chi connectivity index (χ0) is 17.3. The summed E-state index contributed by atoms with van der Waals surface area (Å²) in [6.07, 6.45) is -4.56. The van der Waals surface area contributed by atoms with E-state index < -0.39 is 42.7 Å². The van der Waals surface area contributed by atoms with Crippen LogP contribution in [0.15, 0.2) is 30.3 Å². The number of hydrogen-bond acceptors (Lipinski definition) is 3. The summed E-state index contributed by atoms with van der Waals surface area (Å²) in [4.78, 5) is 36.4. The van der Waals surface area contributed by atoms with E-state index in [0.29, 0.717) is 10.5 Å². The van der Waals surface area contributed by atoms with E-state index in [4.69, 9.17) is 0 Å². The smallest absolute Gasteiger partial charge is 0.345 e. The maximum absolute atomic E-state index is 12.4. The molecule has 1 aromatic carbocycles. The van der Waals surface area contributed by atoms with Gasteiger partial charge in [0, 0.05) is 0 Å². The van der Waals surface area contributed by atoms with Gasteiger partial charge in [-0.15, -0.1) is 0 Å². The highest BCUT2D eigenvalue weighted by Gasteiger charge is 2.49. The van der Waals surface area contributed by atoms with Crippen LogP contribution >= 0.6 is 0 Å². The Morgan fingerprint density at radius 1 is 1.26 bits per heavy atom. The van der Waals surface area contributed by atoms with Crippen molar-refractivity contribution in [2.24, 2.45) is 0 Å². The summed E-state index contributed by atoms with van der Waals surface area (Å²) in [5.41, 5.74) is -0.848. The first kappa shape index (κ1) is 16.8. The highest BCUT2D eigenvalue weighted by molar-refractivity contribution is 6.09. The van der Waals surface area contributed by atoms with Gasteiger partial charge in [0.05, 0.1) is 0 Å². The second-order valence-electron chi connectivity index (χ2n) is 5.20. The lowest BCUT2D eigenvalue weighted by Gasteiger charge is -2.22. The first-order valence-electron chi connectivity index (χ1n) is 6.66. The maximum atomic E-state index is 12.4. The van der Waals surface area contributed by atoms with Crippen LogP contribution in [0.4, 0.5) is 18.0 Å². The van der Waals surface area contributed by atoms with Crippen molar-refractivity contribution in [1.82, 2.24) is 15.5 Å². The maximum Gasteiger partial charge on any atom is 0.405 e. The van der Waals surface area contributed by atoms with E-state index in [1.54, 1.807) is 35.6 Å². The summed E-state index contributed by atoms with van der Waals surface area (Å²) in [5.74, 6) is -1.76. The Bertz CT molecular complexity index is 633. The fraction of sp³-hybridized carbons (Fsp3) is 0.357. The van der Waals surface area contributed by atoms with Gasteiger partial charge in [0.15, 0.2) is 0 Å². The zero-order valence-electron chi connectivity index (χ0n) is 12.1. The van der Waals surface area contributed by atoms with E-state index >= 15 is 0 Å². The van der Waals surface area contributed by atoms with Crippen LogP contribution < -0.4 is 10.6 Å². The zero-order valence-corrected chi connectivity index (χ0v) is 12.1. The van der Waals surface area contributed by atoms with Crippen LogP contribution in [0.2, 0.25) is 0 Å². The quantitative estimate of drug-likeness (QED) is 0.813. The molecule has 0 aromatic heterocycles. The molecule has 1 aliphatic heterocycles. The molecule has 1 fully saturated rings. The van der Waals surface area contributed by atoms with Crippen LogP contribution in [0.1, 0.15) is 12.5 Å². The predicted molar refractivity (Wildman–Crippen MR) is 73.1 cm³/mol. The highest BCUT2D eigenvalue weighted by Crippen LogP contribution is 2.28. The van der Waals surface area contributed by atoms with Crippen molar-refractivity contribution in [3.8, 4) is 0 Å². The molecule has 0 saturated carbocycles. The molecule has 6 nitrogen and oxygen atoms in total. The number of hydrogen-bond donors (Lipinski definition) is 2. The Morgan fingerprint density at radius 2 is 1.87 bits per heavy atom. The molecule has 0 bridgehead atoms. The number of imide groups is 1. The number of benzene rings is 1. The minimum absolute atomic E-state index is 0.511. The summed E-state index contributed by atoms with van der Waals surface area (Å²) in [6, 6.07) is 7.52. The lowest BCUT2D eigenvalue weighted by molar-refractivity contribution is -0.141. The van der Waals surface area contributed by atoms with Crippen molar-refractivity contribution < 1.29 is 27.6 Å². The van der Waals surface area contributed by atoms with Gasteiger partial charge in [0.2, 0.25) is 5.91 Å². The molecule has 1 heterocycles. The second kappa shape index (κ2) is 5.90. The van der Waals surface area contributed by atoms with E-state index in [0.717, 1.165) is 0 Å². The Hall–Kier alpha value is -2.58. The van der Waals surface area contributed by atoms with Gasteiger partial charge in [-0.1, -0.05) is 30.3 Å². The van der Waals surface area contributed by atoms with Gasteiger partial charge in [-0.3, -0.25) is 14.5 Å². The van der Waals surface area contributed by atoms with Gasteiger partial charge in [0.1, 0.15) is 18.6 Å². The molecule has 1 aliphatic rings. The number of alkyl halides is 3. The number of carbonyl (C=O) groups is 3. The fourth-order valence-corrected chi connectivity index (χ4v) is 2.21. The first-order chi connectivity index (χ1) is 10.6. The SMILES string of the molecule is C[C@@]1(c2ccccc2)NC(=O)N(CC(=O)NCC(F)(F)F)C1=O. The molecule has 1 atom stereocenters. The number of amides is 4. The largest absolute Gasteiger partial charge is 0.405 e. The van der Waals surface area contributed by atoms with Crippen LogP contribution in [0.25, 0.3) is 0 Å². The lowest BCUT2D eigenvalue weighted by Crippen LogP contribution is -2.44. The molecule has 23 heavy (non-hydrogen) atoms. The summed E-state index contributed by atoms with van der Waals surface area (Å²) in [5, 5.41) is 4.08. The molecule has 2 N–H and O–H groups in total. The molecular formula is C14H14F3N3O3. The van der Waals surface area contributed by atoms with Crippen LogP contribution in [0.5, 0.6) is 0 Å². The standard InChI is InChI=1S/C14H14F3N3O3/c1-13(9-5-3-2-4-6-9)11(22)20(12(23)19-13)7-10(21)18-8-14(15,16)17/h2-6H,7-8H2,1H3,(H,18,21)(H,19,23)/t13-/m0/s1. The topological polar surface area (TPSA) is 78.5 Å². The summed E-state index contributed by atoms with van der Waals surface area (Å²) in [6.45, 7) is -0.829. The van der Waals surface area contributed by atoms with Crippen molar-refractivity contribution >= 4 is 17.8 Å². The molecule has 4 amide bonds. The molecule has 0 radical (unpaired) electrons. The minimum atomic E-state index is -4.56. The molecule has 124 valence electrons. The van der Waals surface area contributed by atoms with Gasteiger partial charge in [-0.05, 0) is 12.5 Å². The summed E-state index contributed by atoms with van der Waals surface area (Å²) >= 11 is 0. The summed E-state index contributed by atoms with van der Waals surface area (Å²) in [7, 11) is 0. The number of nitrogens with zero attached hydrogens (tertiary/aromatic N) is 1. The molecule has 0 unspecified atom stereocenters. The fourth-order valence-electron chi connectivity index (χ4n) is 2.21. The molecule has 0 aliphatic carbocycles. The molecular weight excluding hydrogens is 315 g/mol. The highest BCUT2D eigenvalue weighted by atomic mass is 19.4. The summed E-state index contributed by atoms with van der Waals surface area (Å²) < 4.78 is 36.2. The van der Waals surface area contributed by atoms with E-state index in [9.17, 15) is 27.6 Å². The van der Waals surface area contributed by atoms with Gasteiger partial charge in [-0.2, -0.15) is 13.2 Å². The molecule has 1 saturated heterocycles. The lowest BCUT2D eigenvalue weighted by atomic mass is 9.92. The molecule has 2 rings (SSSR count). The second-order valence-corrected chi connectivity index (χ2v) is 5.20. The van der Waals surface area contributed by atoms with Gasteiger partial charge in [0.25, 0.3) is 5.91 Å². The molecule has 1 aromatic rings. The average molecular weight is 329 g/mol. The van der Waals surface area contributed by atoms with Crippen molar-refractivity contribution in [2.45, 2.75) is 18.6 Å². The minimum Gasteiger partial charge on any atom is -0.345 e. The third-order valence-corrected chi connectivity index (χ3v) is 3.41. The number of rotatable bonds is 4. The molecule has 0 spiro atoms. The van der Waals surface area contributed by atoms with Crippen LogP contribution in [0.3, 0.4) is 0 Å². The van der Waals surface area contributed by atoms with E-state index in [1.165, 1.54) is 6.92 Å². The predicted octanol–water partition coefficient (Wildman–Crippen LogP) is 1.13. The van der Waals surface area contributed by atoms with Crippen LogP contribution in [-0.4, -0.2) is 42.0 Å². The van der Waals surface area contributed by atoms with Crippen molar-refractivity contribution in [3.05, 3.63) is 35.9 Å². The van der Waals surface area contributed by atoms with E-state index in [2.05, 4.69) is 5.32 Å². The third kappa shape index (κ3) is 3.61. The first-order valence-corrected chi connectivity index (χ1v) is 6.66.